The molecule has 0 aliphatic carbocycles. The van der Waals surface area contributed by atoms with Gasteiger partial charge in [0.25, 0.3) is 0 Å². The summed E-state index contributed by atoms with van der Waals surface area (Å²) in [7, 11) is -2.71. The molecule has 0 N–H and O–H groups in total. The monoisotopic (exact) mass is 845 g/mol. The minimum atomic E-state index is -2.71. The van der Waals surface area contributed by atoms with E-state index >= 15 is 0 Å². The quantitative estimate of drug-likeness (QED) is 0.112. The molecule has 0 saturated heterocycles. The number of aromatic nitrogens is 3. The van der Waals surface area contributed by atoms with Gasteiger partial charge in [-0.1, -0.05) is 188 Å². The van der Waals surface area contributed by atoms with E-state index < -0.39 is 8.07 Å². The number of hydrogen-bond acceptors (Lipinski definition) is 0. The molecule has 3 aromatic heterocycles. The van der Waals surface area contributed by atoms with Crippen LogP contribution in [-0.4, -0.2) is 21.8 Å². The van der Waals surface area contributed by atoms with Crippen LogP contribution in [0.1, 0.15) is 5.56 Å². The third-order valence-electron chi connectivity index (χ3n) is 13.8. The predicted octanol–water partition coefficient (Wildman–Crippen LogP) is 12.7. The fraction of sp³-hybridized carbons (Fsp3) is 0.0164. The number of aryl methyl sites for hydroxylation is 1. The van der Waals surface area contributed by atoms with Crippen LogP contribution < -0.4 is 20.7 Å². The van der Waals surface area contributed by atoms with E-state index in [0.29, 0.717) is 0 Å². The van der Waals surface area contributed by atoms with Crippen LogP contribution in [0.25, 0.3) is 82.5 Å². The second-order valence-corrected chi connectivity index (χ2v) is 21.1. The van der Waals surface area contributed by atoms with Crippen LogP contribution in [0.3, 0.4) is 0 Å². The van der Waals surface area contributed by atoms with Crippen LogP contribution in [0.5, 0.6) is 0 Å². The van der Waals surface area contributed by atoms with Gasteiger partial charge in [0.05, 0.1) is 44.5 Å². The van der Waals surface area contributed by atoms with Gasteiger partial charge in [-0.05, 0) is 88.3 Å². The van der Waals surface area contributed by atoms with Gasteiger partial charge >= 0.3 is 0 Å². The maximum Gasteiger partial charge on any atom is 0.179 e. The predicted molar refractivity (Wildman–Crippen MR) is 278 cm³/mol. The highest BCUT2D eigenvalue weighted by Gasteiger charge is 2.41. The summed E-state index contributed by atoms with van der Waals surface area (Å²) in [5.74, 6) is 0. The van der Waals surface area contributed by atoms with Crippen LogP contribution >= 0.6 is 0 Å². The zero-order chi connectivity index (χ0) is 43.1. The first-order valence-electron chi connectivity index (χ1n) is 22.5. The molecule has 0 saturated carbocycles. The Morgan fingerprint density at radius 3 is 1.35 bits per heavy atom. The molecule has 4 heteroatoms. The highest BCUT2D eigenvalue weighted by molar-refractivity contribution is 7.19. The van der Waals surface area contributed by atoms with Crippen molar-refractivity contribution in [3.8, 4) is 17.1 Å². The van der Waals surface area contributed by atoms with Gasteiger partial charge in [0, 0.05) is 38.0 Å². The number of benzene rings is 10. The zero-order valence-corrected chi connectivity index (χ0v) is 36.9. The molecule has 3 heterocycles. The Labute approximate surface area is 378 Å². The molecule has 0 spiro atoms. The third-order valence-corrected chi connectivity index (χ3v) is 18.6. The lowest BCUT2D eigenvalue weighted by Gasteiger charge is -2.34. The number of para-hydroxylation sites is 4. The van der Waals surface area contributed by atoms with Crippen molar-refractivity contribution in [2.75, 3.05) is 0 Å². The fourth-order valence-corrected chi connectivity index (χ4v) is 15.9. The second-order valence-electron chi connectivity index (χ2n) is 17.3. The smallest absolute Gasteiger partial charge is 0.179 e. The van der Waals surface area contributed by atoms with E-state index in [1.807, 2.05) is 0 Å². The number of fused-ring (bicyclic) bond motifs is 9. The molecule has 0 aliphatic rings. The summed E-state index contributed by atoms with van der Waals surface area (Å²) >= 11 is 0. The molecule has 3 nitrogen and oxygen atoms in total. The van der Waals surface area contributed by atoms with Gasteiger partial charge in [-0.15, -0.1) is 0 Å². The fourth-order valence-electron chi connectivity index (χ4n) is 11.2. The molecular weight excluding hydrogens is 803 g/mol. The van der Waals surface area contributed by atoms with Gasteiger partial charge in [0.1, 0.15) is 0 Å². The first-order valence-corrected chi connectivity index (χ1v) is 24.5. The molecule has 0 amide bonds. The summed E-state index contributed by atoms with van der Waals surface area (Å²) in [6, 6.07) is 90.3. The number of hydrogen-bond donors (Lipinski definition) is 0. The van der Waals surface area contributed by atoms with Crippen molar-refractivity contribution in [2.45, 2.75) is 6.92 Å². The van der Waals surface area contributed by atoms with Gasteiger partial charge < -0.3 is 13.7 Å². The molecule has 306 valence electrons. The molecule has 0 aliphatic heterocycles. The molecule has 0 radical (unpaired) electrons. The number of rotatable bonds is 7. The molecule has 13 rings (SSSR count). The van der Waals surface area contributed by atoms with E-state index in [-0.39, 0.29) is 0 Å². The Morgan fingerprint density at radius 1 is 0.292 bits per heavy atom. The van der Waals surface area contributed by atoms with Crippen LogP contribution in [0.4, 0.5) is 0 Å². The standard InChI is InChI=1S/C61H43N3Si/c1-42-35-40-56-52(41-42)49-26-12-15-30-54(49)63(56)57-32-18-33-58-60(57)51-27-13-16-31-55(51)64(58)59-34-17-28-50-48-25-11-14-29-53(48)62(61(50)59)43-36-38-47(39-37-43)65(44-19-5-2-6-20-44,45-21-7-3-8-22-45)46-23-9-4-10-24-46/h2-41H,1H3. The Bertz CT molecular complexity index is 3840. The molecular formula is C61H43N3Si. The topological polar surface area (TPSA) is 14.8 Å². The molecule has 0 atom stereocenters. The Kier molecular flexibility index (Phi) is 8.45. The normalized spacial score (nSPS) is 12.1. The van der Waals surface area contributed by atoms with Crippen LogP contribution in [0.15, 0.2) is 243 Å². The summed E-state index contributed by atoms with van der Waals surface area (Å²) in [4.78, 5) is 0. The zero-order valence-electron chi connectivity index (χ0n) is 35.9. The van der Waals surface area contributed by atoms with E-state index in [1.54, 1.807) is 0 Å². The van der Waals surface area contributed by atoms with Crippen molar-refractivity contribution >= 4 is 94.2 Å². The Balaban J connectivity index is 1.08. The van der Waals surface area contributed by atoms with E-state index in [4.69, 9.17) is 0 Å². The Hall–Kier alpha value is -8.18. The first kappa shape index (κ1) is 37.4. The molecule has 10 aromatic carbocycles. The van der Waals surface area contributed by atoms with Crippen molar-refractivity contribution in [3.63, 3.8) is 0 Å². The van der Waals surface area contributed by atoms with Crippen molar-refractivity contribution in [3.05, 3.63) is 248 Å². The van der Waals surface area contributed by atoms with Crippen LogP contribution in [0, 0.1) is 6.92 Å². The summed E-state index contributed by atoms with van der Waals surface area (Å²) in [6.45, 7) is 2.18. The summed E-state index contributed by atoms with van der Waals surface area (Å²) in [5, 5.41) is 12.9. The van der Waals surface area contributed by atoms with Crippen molar-refractivity contribution in [1.82, 2.24) is 13.7 Å². The first-order chi connectivity index (χ1) is 32.2. The SMILES string of the molecule is Cc1ccc2c(c1)c1ccccc1n2-c1cccc2c1c1ccccc1n2-c1cccc2c3ccccc3n(-c3ccc([Si](c4ccccc4)(c4ccccc4)c4ccccc4)cc3)c12. The minimum absolute atomic E-state index is 1.13. The molecule has 0 fully saturated rings. The van der Waals surface area contributed by atoms with Gasteiger partial charge in [-0.25, -0.2) is 0 Å². The highest BCUT2D eigenvalue weighted by Crippen LogP contribution is 2.43. The molecule has 0 unspecified atom stereocenters. The summed E-state index contributed by atoms with van der Waals surface area (Å²) < 4.78 is 7.49. The van der Waals surface area contributed by atoms with Gasteiger partial charge in [-0.2, -0.15) is 0 Å². The minimum Gasteiger partial charge on any atom is -0.309 e. The second kappa shape index (κ2) is 14.7. The number of nitrogens with zero attached hydrogens (tertiary/aromatic N) is 3. The van der Waals surface area contributed by atoms with Crippen LogP contribution in [0.2, 0.25) is 0 Å². The van der Waals surface area contributed by atoms with E-state index in [1.165, 1.54) is 97.4 Å². The van der Waals surface area contributed by atoms with E-state index in [0.717, 1.165) is 11.4 Å². The average Bonchev–Trinajstić information content (AvgIpc) is 4.01. The maximum atomic E-state index is 2.51. The summed E-state index contributed by atoms with van der Waals surface area (Å²) in [5.41, 5.74) is 11.9. The molecule has 13 aromatic rings. The molecule has 0 bridgehead atoms. The Morgan fingerprint density at radius 2 is 0.723 bits per heavy atom. The summed E-state index contributed by atoms with van der Waals surface area (Å²) in [6.07, 6.45) is 0. The highest BCUT2D eigenvalue weighted by atomic mass is 28.3. The molecule has 65 heavy (non-hydrogen) atoms. The lowest BCUT2D eigenvalue weighted by Crippen LogP contribution is -2.74. The van der Waals surface area contributed by atoms with Crippen molar-refractivity contribution < 1.29 is 0 Å². The lowest BCUT2D eigenvalue weighted by atomic mass is 10.1. The third kappa shape index (κ3) is 5.48. The van der Waals surface area contributed by atoms with E-state index in [9.17, 15) is 0 Å². The van der Waals surface area contributed by atoms with Gasteiger partial charge in [0.15, 0.2) is 8.07 Å². The average molecular weight is 846 g/mol. The van der Waals surface area contributed by atoms with Crippen LogP contribution in [-0.2, 0) is 0 Å². The van der Waals surface area contributed by atoms with Crippen molar-refractivity contribution in [2.24, 2.45) is 0 Å². The van der Waals surface area contributed by atoms with E-state index in [2.05, 4.69) is 263 Å². The lowest BCUT2D eigenvalue weighted by molar-refractivity contribution is 1.13. The largest absolute Gasteiger partial charge is 0.309 e. The maximum absolute atomic E-state index is 2.71. The van der Waals surface area contributed by atoms with Gasteiger partial charge in [-0.3, -0.25) is 0 Å². The van der Waals surface area contributed by atoms with Crippen molar-refractivity contribution in [1.29, 1.82) is 0 Å². The van der Waals surface area contributed by atoms with Gasteiger partial charge in [0.2, 0.25) is 0 Å².